The van der Waals surface area contributed by atoms with E-state index in [1.54, 1.807) is 35.9 Å². The molecule has 2 rings (SSSR count). The van der Waals surface area contributed by atoms with Crippen LogP contribution in [0.25, 0.3) is 5.69 Å². The van der Waals surface area contributed by atoms with E-state index in [0.717, 1.165) is 0 Å². The Balaban J connectivity index is 2.64. The van der Waals surface area contributed by atoms with E-state index in [1.165, 1.54) is 11.8 Å². The Kier molecular flexibility index (Phi) is 4.24. The van der Waals surface area contributed by atoms with Crippen LogP contribution < -0.4 is 5.56 Å². The fourth-order valence-electron chi connectivity index (χ4n) is 2.20. The van der Waals surface area contributed by atoms with Crippen molar-refractivity contribution in [1.29, 1.82) is 5.26 Å². The predicted octanol–water partition coefficient (Wildman–Crippen LogP) is 1.19. The smallest absolute Gasteiger partial charge is 0.310 e. The molecule has 0 aliphatic carbocycles. The molecule has 0 unspecified atom stereocenters. The molecule has 6 heteroatoms. The van der Waals surface area contributed by atoms with E-state index in [0.29, 0.717) is 16.9 Å². The van der Waals surface area contributed by atoms with E-state index in [2.05, 4.69) is 4.74 Å². The molecular weight excluding hydrogens is 270 g/mol. The van der Waals surface area contributed by atoms with E-state index >= 15 is 0 Å². The average Bonchev–Trinajstić information content (AvgIpc) is 2.73. The molecule has 0 aliphatic heterocycles. The summed E-state index contributed by atoms with van der Waals surface area (Å²) < 4.78 is 7.60. The first-order valence-corrected chi connectivity index (χ1v) is 6.40. The van der Waals surface area contributed by atoms with Crippen molar-refractivity contribution >= 4 is 5.97 Å². The van der Waals surface area contributed by atoms with Crippen molar-refractivity contribution in [2.45, 2.75) is 19.9 Å². The normalized spacial score (nSPS) is 10.1. The molecule has 0 fully saturated rings. The molecule has 21 heavy (non-hydrogen) atoms. The number of nitriles is 1. The number of aromatic nitrogens is 2. The summed E-state index contributed by atoms with van der Waals surface area (Å²) in [5.41, 5.74) is 1.29. The van der Waals surface area contributed by atoms with Crippen LogP contribution in [0.2, 0.25) is 0 Å². The van der Waals surface area contributed by atoms with Gasteiger partial charge in [0, 0.05) is 5.69 Å². The van der Waals surface area contributed by atoms with Crippen LogP contribution in [0.3, 0.4) is 0 Å². The van der Waals surface area contributed by atoms with Crippen LogP contribution >= 0.6 is 0 Å². The number of nitrogens with zero attached hydrogens (tertiary/aromatic N) is 3. The summed E-state index contributed by atoms with van der Waals surface area (Å²) >= 11 is 0. The third-order valence-electron chi connectivity index (χ3n) is 3.29. The van der Waals surface area contributed by atoms with Gasteiger partial charge in [-0.1, -0.05) is 18.2 Å². The van der Waals surface area contributed by atoms with Crippen LogP contribution in [0, 0.1) is 18.3 Å². The number of benzene rings is 1. The molecule has 1 heterocycles. The van der Waals surface area contributed by atoms with Crippen molar-refractivity contribution in [2.75, 3.05) is 7.11 Å². The fourth-order valence-corrected chi connectivity index (χ4v) is 2.20. The van der Waals surface area contributed by atoms with Crippen molar-refractivity contribution < 1.29 is 9.53 Å². The molecular formula is C15H15N3O3. The lowest BCUT2D eigenvalue weighted by Gasteiger charge is -2.09. The van der Waals surface area contributed by atoms with Gasteiger partial charge in [0.2, 0.25) is 0 Å². The van der Waals surface area contributed by atoms with Crippen molar-refractivity contribution in [1.82, 2.24) is 9.36 Å². The van der Waals surface area contributed by atoms with Crippen LogP contribution in [0.15, 0.2) is 35.1 Å². The minimum absolute atomic E-state index is 0.0249. The minimum Gasteiger partial charge on any atom is -0.469 e. The van der Waals surface area contributed by atoms with Crippen molar-refractivity contribution in [2.24, 2.45) is 0 Å². The van der Waals surface area contributed by atoms with Crippen LogP contribution in [-0.4, -0.2) is 22.4 Å². The van der Waals surface area contributed by atoms with Gasteiger partial charge < -0.3 is 4.74 Å². The van der Waals surface area contributed by atoms with E-state index in [1.807, 2.05) is 12.1 Å². The van der Waals surface area contributed by atoms with Crippen LogP contribution in [0.1, 0.15) is 11.3 Å². The van der Waals surface area contributed by atoms with Gasteiger partial charge in [-0.05, 0) is 19.1 Å². The molecule has 0 bridgehead atoms. The van der Waals surface area contributed by atoms with Crippen LogP contribution in [0.4, 0.5) is 0 Å². The number of hydrogen-bond acceptors (Lipinski definition) is 4. The first-order chi connectivity index (χ1) is 10.1. The minimum atomic E-state index is -0.482. The van der Waals surface area contributed by atoms with Crippen molar-refractivity contribution in [3.63, 3.8) is 0 Å². The molecule has 108 valence electrons. The highest BCUT2D eigenvalue weighted by Gasteiger charge is 2.20. The quantitative estimate of drug-likeness (QED) is 0.790. The SMILES string of the molecule is COC(=O)Cc1c(C)n(CC#N)n(-c2ccccc2)c1=O. The maximum absolute atomic E-state index is 12.6. The third kappa shape index (κ3) is 2.72. The van der Waals surface area contributed by atoms with Gasteiger partial charge in [0.05, 0.1) is 30.9 Å². The number of para-hydroxylation sites is 1. The molecule has 1 aromatic heterocycles. The Hall–Kier alpha value is -2.81. The zero-order valence-corrected chi connectivity index (χ0v) is 11.9. The van der Waals surface area contributed by atoms with Crippen molar-refractivity contribution in [3.05, 3.63) is 51.9 Å². The number of hydrogen-bond donors (Lipinski definition) is 0. The number of esters is 1. The Morgan fingerprint density at radius 3 is 2.57 bits per heavy atom. The monoisotopic (exact) mass is 285 g/mol. The molecule has 1 aromatic carbocycles. The molecule has 0 amide bonds. The molecule has 0 N–H and O–H groups in total. The first-order valence-electron chi connectivity index (χ1n) is 6.40. The Morgan fingerprint density at radius 2 is 2.00 bits per heavy atom. The summed E-state index contributed by atoms with van der Waals surface area (Å²) in [7, 11) is 1.28. The molecule has 0 atom stereocenters. The van der Waals surface area contributed by atoms with Gasteiger partial charge in [-0.2, -0.15) is 5.26 Å². The highest BCUT2D eigenvalue weighted by atomic mass is 16.5. The number of rotatable bonds is 4. The molecule has 6 nitrogen and oxygen atoms in total. The van der Waals surface area contributed by atoms with Crippen LogP contribution in [0.5, 0.6) is 0 Å². The Labute approximate surface area is 121 Å². The van der Waals surface area contributed by atoms with Gasteiger partial charge >= 0.3 is 5.97 Å². The summed E-state index contributed by atoms with van der Waals surface area (Å²) in [6.45, 7) is 1.74. The van der Waals surface area contributed by atoms with Gasteiger partial charge in [0.15, 0.2) is 0 Å². The number of methoxy groups -OCH3 is 1. The van der Waals surface area contributed by atoms with E-state index in [4.69, 9.17) is 5.26 Å². The largest absolute Gasteiger partial charge is 0.469 e. The van der Waals surface area contributed by atoms with Gasteiger partial charge in [-0.3, -0.25) is 14.3 Å². The first kappa shape index (κ1) is 14.6. The van der Waals surface area contributed by atoms with Crippen LogP contribution in [-0.2, 0) is 22.5 Å². The zero-order chi connectivity index (χ0) is 15.4. The Bertz CT molecular complexity index is 751. The summed E-state index contributed by atoms with van der Waals surface area (Å²) in [5.74, 6) is -0.482. The summed E-state index contributed by atoms with van der Waals surface area (Å²) in [4.78, 5) is 24.0. The molecule has 0 spiro atoms. The van der Waals surface area contributed by atoms with Gasteiger partial charge in [-0.25, -0.2) is 4.68 Å². The molecule has 0 radical (unpaired) electrons. The van der Waals surface area contributed by atoms with Gasteiger partial charge in [0.25, 0.3) is 5.56 Å². The topological polar surface area (TPSA) is 77.0 Å². The lowest BCUT2D eigenvalue weighted by molar-refractivity contribution is -0.139. The maximum atomic E-state index is 12.6. The summed E-state index contributed by atoms with van der Waals surface area (Å²) in [5, 5.41) is 8.97. The third-order valence-corrected chi connectivity index (χ3v) is 3.29. The van der Waals surface area contributed by atoms with E-state index < -0.39 is 5.97 Å². The highest BCUT2D eigenvalue weighted by Crippen LogP contribution is 2.12. The second-order valence-electron chi connectivity index (χ2n) is 4.49. The van der Waals surface area contributed by atoms with Gasteiger partial charge in [-0.15, -0.1) is 0 Å². The Morgan fingerprint density at radius 1 is 1.33 bits per heavy atom. The number of carbonyl (C=O) groups is 1. The van der Waals surface area contributed by atoms with Gasteiger partial charge in [0.1, 0.15) is 6.54 Å². The highest BCUT2D eigenvalue weighted by molar-refractivity contribution is 5.72. The van der Waals surface area contributed by atoms with E-state index in [9.17, 15) is 9.59 Å². The van der Waals surface area contributed by atoms with Crippen molar-refractivity contribution in [3.8, 4) is 11.8 Å². The standard InChI is InChI=1S/C15H15N3O3/c1-11-13(10-14(19)21-2)15(20)18(17(11)9-8-16)12-6-4-3-5-7-12/h3-7H,9-10H2,1-2H3. The number of ether oxygens (including phenoxy) is 1. The fraction of sp³-hybridized carbons (Fsp3) is 0.267. The average molecular weight is 285 g/mol. The number of carbonyl (C=O) groups excluding carboxylic acids is 1. The summed E-state index contributed by atoms with van der Waals surface area (Å²) in [6.07, 6.45) is -0.105. The predicted molar refractivity (Wildman–Crippen MR) is 76.1 cm³/mol. The second-order valence-corrected chi connectivity index (χ2v) is 4.49. The molecule has 0 aliphatic rings. The summed E-state index contributed by atoms with van der Waals surface area (Å²) in [6, 6.07) is 11.0. The molecule has 2 aromatic rings. The lowest BCUT2D eigenvalue weighted by atomic mass is 10.2. The second kappa shape index (κ2) is 6.09. The van der Waals surface area contributed by atoms with E-state index in [-0.39, 0.29) is 18.5 Å². The molecule has 0 saturated heterocycles. The maximum Gasteiger partial charge on any atom is 0.310 e. The lowest BCUT2D eigenvalue weighted by Crippen LogP contribution is -2.23. The molecule has 0 saturated carbocycles. The zero-order valence-electron chi connectivity index (χ0n) is 11.9.